The molecule has 0 saturated heterocycles. The van der Waals surface area contributed by atoms with Gasteiger partial charge in [0, 0.05) is 11.7 Å². The van der Waals surface area contributed by atoms with Gasteiger partial charge in [-0.05, 0) is 44.0 Å². The van der Waals surface area contributed by atoms with Crippen molar-refractivity contribution < 1.29 is 9.53 Å². The number of halogens is 1. The number of nitrogens with one attached hydrogen (secondary N) is 1. The highest BCUT2D eigenvalue weighted by Gasteiger charge is 2.13. The molecule has 0 heterocycles. The van der Waals surface area contributed by atoms with E-state index in [9.17, 15) is 4.79 Å². The maximum atomic E-state index is 11.9. The lowest BCUT2D eigenvalue weighted by Gasteiger charge is -2.22. The van der Waals surface area contributed by atoms with E-state index in [1.54, 1.807) is 18.2 Å². The van der Waals surface area contributed by atoms with Crippen molar-refractivity contribution in [2.45, 2.75) is 44.6 Å². The molecule has 4 nitrogen and oxygen atoms in total. The second-order valence-corrected chi connectivity index (χ2v) is 5.93. The third-order valence-corrected chi connectivity index (χ3v) is 4.12. The first-order chi connectivity index (χ1) is 10.2. The molecule has 3 N–H and O–H groups in total. The topological polar surface area (TPSA) is 64.4 Å². The Bertz CT molecular complexity index is 473. The third kappa shape index (κ3) is 5.21. The van der Waals surface area contributed by atoms with Crippen LogP contribution in [0.4, 0.5) is 5.69 Å². The standard InChI is InChI=1S/C16H23ClN2O2/c17-15-11-12(18)7-8-14(15)16(20)21-10-4-9-19-13-5-2-1-3-6-13/h7-8,11,13,19H,1-6,9-10,18H2. The molecule has 21 heavy (non-hydrogen) atoms. The fraction of sp³-hybridized carbons (Fsp3) is 0.562. The summed E-state index contributed by atoms with van der Waals surface area (Å²) in [7, 11) is 0. The van der Waals surface area contributed by atoms with Crippen LogP contribution in [0, 0.1) is 0 Å². The quantitative estimate of drug-likeness (QED) is 0.480. The minimum Gasteiger partial charge on any atom is -0.462 e. The molecule has 0 aromatic heterocycles. The second kappa shape index (κ2) is 8.25. The Morgan fingerprint density at radius 1 is 1.33 bits per heavy atom. The van der Waals surface area contributed by atoms with Crippen molar-refractivity contribution in [2.75, 3.05) is 18.9 Å². The smallest absolute Gasteiger partial charge is 0.339 e. The molecule has 1 aliphatic rings. The van der Waals surface area contributed by atoms with Crippen LogP contribution in [0.15, 0.2) is 18.2 Å². The number of carbonyl (C=O) groups excluding carboxylic acids is 1. The van der Waals surface area contributed by atoms with Crippen molar-refractivity contribution >= 4 is 23.3 Å². The highest BCUT2D eigenvalue weighted by Crippen LogP contribution is 2.20. The number of nitrogen functional groups attached to an aromatic ring is 1. The molecule has 1 aromatic rings. The van der Waals surface area contributed by atoms with Crippen LogP contribution in [0.3, 0.4) is 0 Å². The highest BCUT2D eigenvalue weighted by molar-refractivity contribution is 6.33. The lowest BCUT2D eigenvalue weighted by molar-refractivity contribution is 0.0500. The Morgan fingerprint density at radius 3 is 2.81 bits per heavy atom. The lowest BCUT2D eigenvalue weighted by atomic mass is 9.95. The number of ether oxygens (including phenoxy) is 1. The van der Waals surface area contributed by atoms with Crippen molar-refractivity contribution in [1.82, 2.24) is 5.32 Å². The van der Waals surface area contributed by atoms with E-state index in [1.165, 1.54) is 32.1 Å². The van der Waals surface area contributed by atoms with Crippen LogP contribution in [0.1, 0.15) is 48.9 Å². The molecule has 0 unspecified atom stereocenters. The summed E-state index contributed by atoms with van der Waals surface area (Å²) < 4.78 is 5.23. The Labute approximate surface area is 131 Å². The largest absolute Gasteiger partial charge is 0.462 e. The molecule has 0 amide bonds. The van der Waals surface area contributed by atoms with Crippen molar-refractivity contribution in [3.8, 4) is 0 Å². The maximum absolute atomic E-state index is 11.9. The van der Waals surface area contributed by atoms with Crippen LogP contribution in [0.25, 0.3) is 0 Å². The first-order valence-electron chi connectivity index (χ1n) is 7.62. The average Bonchev–Trinajstić information content (AvgIpc) is 2.47. The molecule has 2 rings (SSSR count). The van der Waals surface area contributed by atoms with Gasteiger partial charge in [0.1, 0.15) is 0 Å². The minimum absolute atomic E-state index is 0.334. The maximum Gasteiger partial charge on any atom is 0.339 e. The fourth-order valence-electron chi connectivity index (χ4n) is 2.62. The van der Waals surface area contributed by atoms with Gasteiger partial charge in [0.25, 0.3) is 0 Å². The number of hydrogen-bond acceptors (Lipinski definition) is 4. The van der Waals surface area contributed by atoms with E-state index >= 15 is 0 Å². The molecule has 1 aliphatic carbocycles. The molecule has 0 aliphatic heterocycles. The summed E-state index contributed by atoms with van der Waals surface area (Å²) in [6, 6.07) is 5.44. The SMILES string of the molecule is Nc1ccc(C(=O)OCCCNC2CCCCC2)c(Cl)c1. The van der Waals surface area contributed by atoms with Gasteiger partial charge in [-0.25, -0.2) is 4.79 Å². The number of nitrogens with two attached hydrogens (primary N) is 1. The molecule has 0 radical (unpaired) electrons. The molecular formula is C16H23ClN2O2. The van der Waals surface area contributed by atoms with Gasteiger partial charge in [-0.2, -0.15) is 0 Å². The van der Waals surface area contributed by atoms with Gasteiger partial charge < -0.3 is 15.8 Å². The van der Waals surface area contributed by atoms with Gasteiger partial charge in [-0.1, -0.05) is 30.9 Å². The predicted octanol–water partition coefficient (Wildman–Crippen LogP) is 3.39. The Hall–Kier alpha value is -1.26. The van der Waals surface area contributed by atoms with Crippen LogP contribution < -0.4 is 11.1 Å². The average molecular weight is 311 g/mol. The van der Waals surface area contributed by atoms with E-state index < -0.39 is 5.97 Å². The summed E-state index contributed by atoms with van der Waals surface area (Å²) in [4.78, 5) is 11.9. The summed E-state index contributed by atoms with van der Waals surface area (Å²) in [6.07, 6.45) is 7.35. The minimum atomic E-state index is -0.391. The second-order valence-electron chi connectivity index (χ2n) is 5.52. The summed E-state index contributed by atoms with van der Waals surface area (Å²) >= 11 is 5.97. The van der Waals surface area contributed by atoms with Crippen molar-refractivity contribution in [1.29, 1.82) is 0 Å². The summed E-state index contributed by atoms with van der Waals surface area (Å²) in [5.41, 5.74) is 6.50. The lowest BCUT2D eigenvalue weighted by Crippen LogP contribution is -2.32. The van der Waals surface area contributed by atoms with Gasteiger partial charge in [-0.15, -0.1) is 0 Å². The Kier molecular flexibility index (Phi) is 6.33. The Balaban J connectivity index is 1.64. The van der Waals surface area contributed by atoms with Crippen molar-refractivity contribution in [2.24, 2.45) is 0 Å². The number of hydrogen-bond donors (Lipinski definition) is 2. The van der Waals surface area contributed by atoms with Gasteiger partial charge >= 0.3 is 5.97 Å². The van der Waals surface area contributed by atoms with Crippen LogP contribution in [-0.2, 0) is 4.74 Å². The fourth-order valence-corrected chi connectivity index (χ4v) is 2.89. The highest BCUT2D eigenvalue weighted by atomic mass is 35.5. The zero-order valence-corrected chi connectivity index (χ0v) is 13.0. The molecule has 116 valence electrons. The number of anilines is 1. The van der Waals surface area contributed by atoms with Gasteiger partial charge in [0.2, 0.25) is 0 Å². The molecule has 1 fully saturated rings. The molecule has 1 saturated carbocycles. The predicted molar refractivity (Wildman–Crippen MR) is 85.6 cm³/mol. The van der Waals surface area contributed by atoms with E-state index in [0.717, 1.165) is 13.0 Å². The molecular weight excluding hydrogens is 288 g/mol. The zero-order chi connectivity index (χ0) is 15.1. The number of esters is 1. The van der Waals surface area contributed by atoms with Gasteiger partial charge in [0.05, 0.1) is 17.2 Å². The van der Waals surface area contributed by atoms with E-state index in [4.69, 9.17) is 22.1 Å². The van der Waals surface area contributed by atoms with Crippen LogP contribution in [0.5, 0.6) is 0 Å². The van der Waals surface area contributed by atoms with Crippen LogP contribution >= 0.6 is 11.6 Å². The van der Waals surface area contributed by atoms with E-state index in [-0.39, 0.29) is 0 Å². The van der Waals surface area contributed by atoms with Crippen LogP contribution in [0.2, 0.25) is 5.02 Å². The summed E-state index contributed by atoms with van der Waals surface area (Å²) in [5, 5.41) is 3.85. The normalized spacial score (nSPS) is 15.9. The van der Waals surface area contributed by atoms with Crippen molar-refractivity contribution in [3.05, 3.63) is 28.8 Å². The molecule has 1 aromatic carbocycles. The molecule has 0 bridgehead atoms. The number of benzene rings is 1. The van der Waals surface area contributed by atoms with E-state index in [1.807, 2.05) is 0 Å². The van der Waals surface area contributed by atoms with E-state index in [0.29, 0.717) is 28.9 Å². The zero-order valence-electron chi connectivity index (χ0n) is 12.2. The van der Waals surface area contributed by atoms with E-state index in [2.05, 4.69) is 5.32 Å². The van der Waals surface area contributed by atoms with Crippen molar-refractivity contribution in [3.63, 3.8) is 0 Å². The van der Waals surface area contributed by atoms with Crippen LogP contribution in [-0.4, -0.2) is 25.2 Å². The summed E-state index contributed by atoms with van der Waals surface area (Å²) in [6.45, 7) is 1.28. The van der Waals surface area contributed by atoms with Gasteiger partial charge in [-0.3, -0.25) is 0 Å². The molecule has 0 spiro atoms. The monoisotopic (exact) mass is 310 g/mol. The number of rotatable bonds is 6. The first-order valence-corrected chi connectivity index (χ1v) is 8.00. The number of carbonyl (C=O) groups is 1. The third-order valence-electron chi connectivity index (χ3n) is 3.81. The molecule has 0 atom stereocenters. The first kappa shape index (κ1) is 16.1. The molecule has 5 heteroatoms. The van der Waals surface area contributed by atoms with Gasteiger partial charge in [0.15, 0.2) is 0 Å². The summed E-state index contributed by atoms with van der Waals surface area (Å²) in [5.74, 6) is -0.391. The Morgan fingerprint density at radius 2 is 2.10 bits per heavy atom.